The van der Waals surface area contributed by atoms with Gasteiger partial charge in [0.25, 0.3) is 0 Å². The van der Waals surface area contributed by atoms with Crippen LogP contribution in [0.5, 0.6) is 0 Å². The lowest BCUT2D eigenvalue weighted by Gasteiger charge is -1.91. The molecule has 0 spiro atoms. The predicted octanol–water partition coefficient (Wildman–Crippen LogP) is 2.09. The molecule has 12 heavy (non-hydrogen) atoms. The Morgan fingerprint density at radius 3 is 2.92 bits per heavy atom. The third kappa shape index (κ3) is 1.07. The van der Waals surface area contributed by atoms with E-state index in [1.54, 1.807) is 0 Å². The Labute approximate surface area is 70.4 Å². The van der Waals surface area contributed by atoms with E-state index in [0.717, 1.165) is 17.7 Å². The summed E-state index contributed by atoms with van der Waals surface area (Å²) in [7, 11) is 0. The van der Waals surface area contributed by atoms with E-state index in [-0.39, 0.29) is 0 Å². The van der Waals surface area contributed by atoms with Gasteiger partial charge in [0.05, 0.1) is 0 Å². The van der Waals surface area contributed by atoms with Gasteiger partial charge >= 0.3 is 0 Å². The normalized spacial score (nSPS) is 10.8. The molecule has 2 heterocycles. The molecule has 0 unspecified atom stereocenters. The smallest absolute Gasteiger partial charge is 0.199 e. The van der Waals surface area contributed by atoms with Crippen molar-refractivity contribution in [1.29, 1.82) is 0 Å². The van der Waals surface area contributed by atoms with Crippen LogP contribution in [0, 0.1) is 6.92 Å². The number of aryl methyl sites for hydroxylation is 2. The van der Waals surface area contributed by atoms with Gasteiger partial charge in [-0.2, -0.15) is 4.98 Å². The lowest BCUT2D eigenvalue weighted by molar-refractivity contribution is 0.561. The van der Waals surface area contributed by atoms with Crippen LogP contribution >= 0.6 is 0 Å². The summed E-state index contributed by atoms with van der Waals surface area (Å²) in [6, 6.07) is 3.88. The monoisotopic (exact) mass is 162 g/mol. The van der Waals surface area contributed by atoms with E-state index in [1.165, 1.54) is 0 Å². The largest absolute Gasteiger partial charge is 0.439 e. The van der Waals surface area contributed by atoms with Crippen LogP contribution in [0.1, 0.15) is 18.5 Å². The Morgan fingerprint density at radius 2 is 2.17 bits per heavy atom. The summed E-state index contributed by atoms with van der Waals surface area (Å²) in [4.78, 5) is 8.45. The van der Waals surface area contributed by atoms with Crippen LogP contribution in [0.25, 0.3) is 11.2 Å². The van der Waals surface area contributed by atoms with Crippen molar-refractivity contribution in [2.75, 3.05) is 0 Å². The number of oxazole rings is 1. The van der Waals surface area contributed by atoms with Crippen molar-refractivity contribution < 1.29 is 4.42 Å². The molecule has 0 aliphatic rings. The molecule has 0 aliphatic carbocycles. The van der Waals surface area contributed by atoms with Crippen molar-refractivity contribution in [2.45, 2.75) is 20.3 Å². The fraction of sp³-hybridized carbons (Fsp3) is 0.333. The highest BCUT2D eigenvalue weighted by molar-refractivity contribution is 5.67. The number of pyridine rings is 1. The first-order valence-electron chi connectivity index (χ1n) is 4.02. The summed E-state index contributed by atoms with van der Waals surface area (Å²) in [5, 5.41) is 0. The van der Waals surface area contributed by atoms with Crippen LogP contribution in [0.4, 0.5) is 0 Å². The van der Waals surface area contributed by atoms with Crippen molar-refractivity contribution in [3.8, 4) is 0 Å². The quantitative estimate of drug-likeness (QED) is 0.644. The van der Waals surface area contributed by atoms with Gasteiger partial charge in [-0.3, -0.25) is 0 Å². The van der Waals surface area contributed by atoms with Crippen molar-refractivity contribution in [1.82, 2.24) is 9.97 Å². The van der Waals surface area contributed by atoms with Crippen LogP contribution in [-0.2, 0) is 6.42 Å². The standard InChI is InChI=1S/C9H10N2O/c1-3-7-4-5-8-9(11-7)10-6(2)12-8/h4-5H,3H2,1-2H3. The van der Waals surface area contributed by atoms with Gasteiger partial charge in [0, 0.05) is 12.6 Å². The van der Waals surface area contributed by atoms with Gasteiger partial charge in [0.2, 0.25) is 0 Å². The van der Waals surface area contributed by atoms with Crippen molar-refractivity contribution in [3.05, 3.63) is 23.7 Å². The summed E-state index contributed by atoms with van der Waals surface area (Å²) < 4.78 is 5.29. The fourth-order valence-corrected chi connectivity index (χ4v) is 1.16. The van der Waals surface area contributed by atoms with Crippen molar-refractivity contribution in [2.24, 2.45) is 0 Å². The zero-order chi connectivity index (χ0) is 8.55. The van der Waals surface area contributed by atoms with Gasteiger partial charge in [-0.15, -0.1) is 0 Å². The molecule has 0 N–H and O–H groups in total. The number of rotatable bonds is 1. The Kier molecular flexibility index (Phi) is 1.57. The molecule has 2 rings (SSSR count). The molecular weight excluding hydrogens is 152 g/mol. The lowest BCUT2D eigenvalue weighted by Crippen LogP contribution is -1.85. The summed E-state index contributed by atoms with van der Waals surface area (Å²) in [5.41, 5.74) is 2.53. The lowest BCUT2D eigenvalue weighted by atomic mass is 10.3. The molecule has 62 valence electrons. The second kappa shape index (κ2) is 2.59. The van der Waals surface area contributed by atoms with E-state index in [1.807, 2.05) is 19.1 Å². The van der Waals surface area contributed by atoms with Gasteiger partial charge < -0.3 is 4.42 Å². The first-order chi connectivity index (χ1) is 5.79. The van der Waals surface area contributed by atoms with E-state index in [9.17, 15) is 0 Å². The maximum absolute atomic E-state index is 5.29. The molecule has 0 atom stereocenters. The molecule has 0 aliphatic heterocycles. The van der Waals surface area contributed by atoms with Crippen LogP contribution < -0.4 is 0 Å². The third-order valence-corrected chi connectivity index (χ3v) is 1.78. The zero-order valence-corrected chi connectivity index (χ0v) is 7.16. The van der Waals surface area contributed by atoms with E-state index < -0.39 is 0 Å². The Balaban J connectivity index is 2.66. The molecule has 2 aromatic rings. The highest BCUT2D eigenvalue weighted by Crippen LogP contribution is 2.13. The Hall–Kier alpha value is -1.38. The van der Waals surface area contributed by atoms with Crippen LogP contribution in [0.3, 0.4) is 0 Å². The molecule has 0 saturated heterocycles. The van der Waals surface area contributed by atoms with Crippen molar-refractivity contribution in [3.63, 3.8) is 0 Å². The molecule has 0 fully saturated rings. The molecule has 3 heteroatoms. The van der Waals surface area contributed by atoms with Gasteiger partial charge in [0.1, 0.15) is 0 Å². The number of aromatic nitrogens is 2. The third-order valence-electron chi connectivity index (χ3n) is 1.78. The minimum absolute atomic E-state index is 0.672. The topological polar surface area (TPSA) is 38.9 Å². The van der Waals surface area contributed by atoms with Crippen LogP contribution in [0.2, 0.25) is 0 Å². The average Bonchev–Trinajstić information content (AvgIpc) is 2.43. The number of fused-ring (bicyclic) bond motifs is 1. The second-order valence-corrected chi connectivity index (χ2v) is 2.71. The zero-order valence-electron chi connectivity index (χ0n) is 7.16. The second-order valence-electron chi connectivity index (χ2n) is 2.71. The highest BCUT2D eigenvalue weighted by Gasteiger charge is 2.02. The first-order valence-corrected chi connectivity index (χ1v) is 4.02. The predicted molar refractivity (Wildman–Crippen MR) is 45.9 cm³/mol. The Bertz CT molecular complexity index is 406. The first kappa shape index (κ1) is 7.28. The molecule has 0 aromatic carbocycles. The highest BCUT2D eigenvalue weighted by atomic mass is 16.3. The van der Waals surface area contributed by atoms with Gasteiger partial charge in [-0.05, 0) is 18.6 Å². The van der Waals surface area contributed by atoms with Gasteiger partial charge in [-0.1, -0.05) is 6.92 Å². The number of hydrogen-bond acceptors (Lipinski definition) is 3. The summed E-state index contributed by atoms with van der Waals surface area (Å²) in [6.07, 6.45) is 0.932. The number of nitrogens with zero attached hydrogens (tertiary/aromatic N) is 2. The van der Waals surface area contributed by atoms with Crippen LogP contribution in [-0.4, -0.2) is 9.97 Å². The minimum atomic E-state index is 0.672. The van der Waals surface area contributed by atoms with Gasteiger partial charge in [0.15, 0.2) is 17.1 Å². The summed E-state index contributed by atoms with van der Waals surface area (Å²) in [6.45, 7) is 3.90. The maximum Gasteiger partial charge on any atom is 0.199 e. The SMILES string of the molecule is CCc1ccc2oc(C)nc2n1. The molecule has 0 radical (unpaired) electrons. The molecule has 0 saturated carbocycles. The van der Waals surface area contributed by atoms with E-state index in [2.05, 4.69) is 16.9 Å². The minimum Gasteiger partial charge on any atom is -0.439 e. The Morgan fingerprint density at radius 1 is 1.33 bits per heavy atom. The average molecular weight is 162 g/mol. The van der Waals surface area contributed by atoms with Crippen molar-refractivity contribution >= 4 is 11.2 Å². The van der Waals surface area contributed by atoms with Crippen LogP contribution in [0.15, 0.2) is 16.5 Å². The molecule has 0 amide bonds. The molecule has 0 bridgehead atoms. The fourth-order valence-electron chi connectivity index (χ4n) is 1.16. The number of hydrogen-bond donors (Lipinski definition) is 0. The van der Waals surface area contributed by atoms with E-state index >= 15 is 0 Å². The summed E-state index contributed by atoms with van der Waals surface area (Å²) >= 11 is 0. The van der Waals surface area contributed by atoms with Gasteiger partial charge in [-0.25, -0.2) is 4.98 Å². The van der Waals surface area contributed by atoms with E-state index in [0.29, 0.717) is 11.5 Å². The maximum atomic E-state index is 5.29. The van der Waals surface area contributed by atoms with E-state index in [4.69, 9.17) is 4.42 Å². The molecular formula is C9H10N2O. The molecule has 3 nitrogen and oxygen atoms in total. The molecule has 2 aromatic heterocycles. The summed E-state index contributed by atoms with van der Waals surface area (Å²) in [5.74, 6) is 0.672.